The lowest BCUT2D eigenvalue weighted by atomic mass is 9.64. The van der Waals surface area contributed by atoms with Crippen molar-refractivity contribution in [1.29, 1.82) is 0 Å². The summed E-state index contributed by atoms with van der Waals surface area (Å²) in [4.78, 5) is 7.01. The van der Waals surface area contributed by atoms with Gasteiger partial charge in [0.25, 0.3) is 0 Å². The molecule has 2 aliphatic heterocycles. The van der Waals surface area contributed by atoms with Crippen molar-refractivity contribution in [2.75, 3.05) is 39.9 Å². The van der Waals surface area contributed by atoms with Crippen molar-refractivity contribution >= 4 is 29.9 Å². The van der Waals surface area contributed by atoms with Crippen molar-refractivity contribution in [1.82, 2.24) is 10.2 Å². The average Bonchev–Trinajstić information content (AvgIpc) is 3.21. The Labute approximate surface area is 168 Å². The second-order valence-electron chi connectivity index (χ2n) is 7.87. The van der Waals surface area contributed by atoms with E-state index in [1.165, 1.54) is 37.7 Å². The predicted octanol–water partition coefficient (Wildman–Crippen LogP) is 3.41. The molecule has 4 nitrogen and oxygen atoms in total. The van der Waals surface area contributed by atoms with Crippen LogP contribution < -0.4 is 5.32 Å². The zero-order valence-electron chi connectivity index (χ0n) is 15.2. The largest absolute Gasteiger partial charge is 0.381 e. The van der Waals surface area contributed by atoms with E-state index in [1.54, 1.807) is 0 Å². The molecule has 1 N–H and O–H groups in total. The number of likely N-dealkylation sites (tertiary alicyclic amines) is 1. The van der Waals surface area contributed by atoms with Gasteiger partial charge in [-0.3, -0.25) is 4.99 Å². The molecule has 0 amide bonds. The fraction of sp³-hybridized carbons (Fsp3) is 0.650. The third-order valence-corrected chi connectivity index (χ3v) is 6.42. The Balaban J connectivity index is 0.00000182. The third-order valence-electron chi connectivity index (χ3n) is 6.42. The Hall–Kier alpha value is -0.820. The lowest BCUT2D eigenvalue weighted by Crippen LogP contribution is -2.50. The molecule has 5 heteroatoms. The number of ether oxygens (including phenoxy) is 1. The highest BCUT2D eigenvalue weighted by molar-refractivity contribution is 14.0. The molecule has 1 spiro atoms. The summed E-state index contributed by atoms with van der Waals surface area (Å²) in [5.74, 6) is 1.07. The fourth-order valence-corrected chi connectivity index (χ4v) is 4.63. The van der Waals surface area contributed by atoms with E-state index in [0.29, 0.717) is 10.8 Å². The van der Waals surface area contributed by atoms with Crippen LogP contribution in [0.15, 0.2) is 35.3 Å². The molecule has 1 saturated carbocycles. The summed E-state index contributed by atoms with van der Waals surface area (Å²) < 4.78 is 5.66. The van der Waals surface area contributed by atoms with E-state index in [4.69, 9.17) is 4.74 Å². The van der Waals surface area contributed by atoms with Crippen molar-refractivity contribution in [3.8, 4) is 0 Å². The van der Waals surface area contributed by atoms with Gasteiger partial charge in [0.1, 0.15) is 0 Å². The van der Waals surface area contributed by atoms with Crippen LogP contribution in [-0.4, -0.2) is 50.8 Å². The van der Waals surface area contributed by atoms with E-state index in [-0.39, 0.29) is 24.0 Å². The number of nitrogens with zero attached hydrogens (tertiary/aromatic N) is 2. The Morgan fingerprint density at radius 3 is 2.60 bits per heavy atom. The second kappa shape index (κ2) is 7.82. The maximum absolute atomic E-state index is 5.66. The highest BCUT2D eigenvalue weighted by Crippen LogP contribution is 2.43. The highest BCUT2D eigenvalue weighted by atomic mass is 127. The molecule has 1 unspecified atom stereocenters. The van der Waals surface area contributed by atoms with Gasteiger partial charge in [0.05, 0.1) is 6.61 Å². The van der Waals surface area contributed by atoms with Crippen molar-refractivity contribution in [2.24, 2.45) is 10.4 Å². The van der Waals surface area contributed by atoms with Crippen molar-refractivity contribution in [2.45, 2.75) is 37.5 Å². The van der Waals surface area contributed by atoms with Crippen LogP contribution in [0.4, 0.5) is 0 Å². The quantitative estimate of drug-likeness (QED) is 0.431. The molecule has 3 fully saturated rings. The molecule has 3 aliphatic rings. The Morgan fingerprint density at radius 2 is 2.00 bits per heavy atom. The van der Waals surface area contributed by atoms with Crippen LogP contribution in [-0.2, 0) is 10.2 Å². The number of aliphatic imine (C=N–C) groups is 1. The Morgan fingerprint density at radius 1 is 1.20 bits per heavy atom. The van der Waals surface area contributed by atoms with Crippen LogP contribution in [0.1, 0.15) is 37.7 Å². The molecule has 1 aromatic carbocycles. The minimum absolute atomic E-state index is 0. The third kappa shape index (κ3) is 3.68. The van der Waals surface area contributed by atoms with Gasteiger partial charge in [0.2, 0.25) is 0 Å². The number of halogens is 1. The minimum atomic E-state index is 0. The van der Waals surface area contributed by atoms with Crippen molar-refractivity contribution in [3.05, 3.63) is 35.9 Å². The average molecular weight is 455 g/mol. The number of hydrogen-bond acceptors (Lipinski definition) is 2. The Bertz CT molecular complexity index is 594. The molecular formula is C20H30IN3O. The SMILES string of the molecule is CN=C(NCC1(c2ccccc2)CCC1)N1CCC2(CCOC2)C1.I. The van der Waals surface area contributed by atoms with Gasteiger partial charge in [-0.25, -0.2) is 0 Å². The van der Waals surface area contributed by atoms with E-state index in [9.17, 15) is 0 Å². The van der Waals surface area contributed by atoms with Crippen LogP contribution in [0.5, 0.6) is 0 Å². The monoisotopic (exact) mass is 455 g/mol. The molecule has 0 aromatic heterocycles. The van der Waals surface area contributed by atoms with E-state index in [1.807, 2.05) is 7.05 Å². The van der Waals surface area contributed by atoms with Gasteiger partial charge < -0.3 is 15.0 Å². The number of nitrogens with one attached hydrogen (secondary N) is 1. The zero-order valence-corrected chi connectivity index (χ0v) is 17.5. The van der Waals surface area contributed by atoms with Gasteiger partial charge >= 0.3 is 0 Å². The summed E-state index contributed by atoms with van der Waals surface area (Å²) in [6, 6.07) is 11.0. The van der Waals surface area contributed by atoms with Gasteiger partial charge in [0, 0.05) is 44.1 Å². The van der Waals surface area contributed by atoms with Gasteiger partial charge in [-0.2, -0.15) is 0 Å². The van der Waals surface area contributed by atoms with E-state index >= 15 is 0 Å². The van der Waals surface area contributed by atoms with Crippen LogP contribution >= 0.6 is 24.0 Å². The summed E-state index contributed by atoms with van der Waals surface area (Å²) in [5, 5.41) is 3.69. The standard InChI is InChI=1S/C20H29N3O.HI/c1-21-18(23-12-10-19(15-23)11-13-24-16-19)22-14-20(8-5-9-20)17-6-3-2-4-7-17;/h2-4,6-7H,5,8-16H2,1H3,(H,21,22);1H. The summed E-state index contributed by atoms with van der Waals surface area (Å²) >= 11 is 0. The summed E-state index contributed by atoms with van der Waals surface area (Å²) in [7, 11) is 1.91. The maximum atomic E-state index is 5.66. The minimum Gasteiger partial charge on any atom is -0.381 e. The van der Waals surface area contributed by atoms with E-state index in [0.717, 1.165) is 38.8 Å². The van der Waals surface area contributed by atoms with Crippen molar-refractivity contribution in [3.63, 3.8) is 0 Å². The molecule has 2 saturated heterocycles. The molecular weight excluding hydrogens is 425 g/mol. The first-order valence-corrected chi connectivity index (χ1v) is 9.34. The first kappa shape index (κ1) is 19.0. The molecule has 0 bridgehead atoms. The first-order chi connectivity index (χ1) is 11.8. The molecule has 1 aromatic rings. The van der Waals surface area contributed by atoms with Gasteiger partial charge in [0.15, 0.2) is 5.96 Å². The molecule has 4 rings (SSSR count). The molecule has 2 heterocycles. The molecule has 1 atom stereocenters. The molecule has 25 heavy (non-hydrogen) atoms. The predicted molar refractivity (Wildman–Crippen MR) is 113 cm³/mol. The topological polar surface area (TPSA) is 36.9 Å². The van der Waals surface area contributed by atoms with Crippen molar-refractivity contribution < 1.29 is 4.74 Å². The molecule has 138 valence electrons. The summed E-state index contributed by atoms with van der Waals surface area (Å²) in [6.45, 7) is 5.03. The van der Waals surface area contributed by atoms with Crippen LogP contribution in [0, 0.1) is 5.41 Å². The Kier molecular flexibility index (Phi) is 5.93. The zero-order chi connectivity index (χ0) is 16.5. The lowest BCUT2D eigenvalue weighted by Gasteiger charge is -2.43. The number of benzene rings is 1. The smallest absolute Gasteiger partial charge is 0.193 e. The first-order valence-electron chi connectivity index (χ1n) is 9.34. The van der Waals surface area contributed by atoms with Crippen LogP contribution in [0.3, 0.4) is 0 Å². The van der Waals surface area contributed by atoms with E-state index in [2.05, 4.69) is 45.5 Å². The van der Waals surface area contributed by atoms with Crippen LogP contribution in [0.2, 0.25) is 0 Å². The summed E-state index contributed by atoms with van der Waals surface area (Å²) in [6.07, 6.45) is 6.32. The number of hydrogen-bond donors (Lipinski definition) is 1. The highest BCUT2D eigenvalue weighted by Gasteiger charge is 2.43. The number of guanidine groups is 1. The second-order valence-corrected chi connectivity index (χ2v) is 7.87. The molecule has 1 aliphatic carbocycles. The molecule has 0 radical (unpaired) electrons. The van der Waals surface area contributed by atoms with Gasteiger partial charge in [-0.1, -0.05) is 36.8 Å². The van der Waals surface area contributed by atoms with E-state index < -0.39 is 0 Å². The normalized spacial score (nSPS) is 27.9. The number of rotatable bonds is 3. The fourth-order valence-electron chi connectivity index (χ4n) is 4.63. The van der Waals surface area contributed by atoms with Gasteiger partial charge in [-0.15, -0.1) is 24.0 Å². The lowest BCUT2D eigenvalue weighted by molar-refractivity contribution is 0.156. The van der Waals surface area contributed by atoms with Gasteiger partial charge in [-0.05, 0) is 31.2 Å². The van der Waals surface area contributed by atoms with Crippen LogP contribution in [0.25, 0.3) is 0 Å². The summed E-state index contributed by atoms with van der Waals surface area (Å²) in [5.41, 5.74) is 2.15. The maximum Gasteiger partial charge on any atom is 0.193 e.